The number of aromatic nitrogens is 3. The average Bonchev–Trinajstić information content (AvgIpc) is 1.79. The van der Waals surface area contributed by atoms with Crippen molar-refractivity contribution in [2.45, 2.75) is 142 Å². The number of alkyl carbamates (subject to hydrolysis) is 1. The zero-order valence-corrected chi connectivity index (χ0v) is 66.3. The summed E-state index contributed by atoms with van der Waals surface area (Å²) in [5.74, 6) is -1.09. The summed E-state index contributed by atoms with van der Waals surface area (Å²) in [5.41, 5.74) is 7.64. The number of hydrogen-bond acceptors (Lipinski definition) is 11. The van der Waals surface area contributed by atoms with Crippen LogP contribution in [-0.4, -0.2) is 81.9 Å². The molecule has 4 atom stereocenters. The van der Waals surface area contributed by atoms with Gasteiger partial charge >= 0.3 is 68.4 Å². The molecule has 91 heavy (non-hydrogen) atoms. The Kier molecular flexibility index (Phi) is 57.4. The molecule has 0 aliphatic carbocycles. The number of nitrogens with one attached hydrogen (secondary N) is 5. The van der Waals surface area contributed by atoms with Crippen molar-refractivity contribution in [1.82, 2.24) is 30.8 Å². The summed E-state index contributed by atoms with van der Waals surface area (Å²) < 4.78 is 11.7. The van der Waals surface area contributed by atoms with Crippen LogP contribution >= 0.6 is 63.0 Å². The van der Waals surface area contributed by atoms with E-state index in [2.05, 4.69) is 92.6 Å². The Labute approximate surface area is 578 Å². The first kappa shape index (κ1) is 91.7. The molecular weight excluding hydrogens is 1550 g/mol. The van der Waals surface area contributed by atoms with Crippen molar-refractivity contribution in [2.75, 3.05) is 25.4 Å². The molecule has 0 fully saturated rings. The summed E-state index contributed by atoms with van der Waals surface area (Å²) in [6, 6.07) is 48.6. The van der Waals surface area contributed by atoms with Gasteiger partial charge in [0.05, 0.1) is 11.4 Å². The number of ether oxygens (including phenoxy) is 2. The Bertz CT molecular complexity index is 3160. The van der Waals surface area contributed by atoms with Crippen molar-refractivity contribution in [3.8, 4) is 17.1 Å². The molecule has 23 heteroatoms. The van der Waals surface area contributed by atoms with Crippen LogP contribution in [0.15, 0.2) is 174 Å². The normalized spacial score (nSPS) is 10.1. The van der Waals surface area contributed by atoms with Crippen molar-refractivity contribution >= 4 is 121 Å². The van der Waals surface area contributed by atoms with E-state index in [0.717, 1.165) is 36.1 Å². The first-order chi connectivity index (χ1) is 43.6. The van der Waals surface area contributed by atoms with Crippen molar-refractivity contribution in [3.05, 3.63) is 191 Å². The summed E-state index contributed by atoms with van der Waals surface area (Å²) in [7, 11) is 1.89. The van der Waals surface area contributed by atoms with Gasteiger partial charge in [0, 0.05) is 16.7 Å². The number of aliphatic imine (C=N–C) groups is 1. The molecule has 0 saturated heterocycles. The van der Waals surface area contributed by atoms with Crippen molar-refractivity contribution in [2.24, 2.45) is 4.99 Å². The third kappa shape index (κ3) is 42.2. The number of anilines is 1. The Balaban J connectivity index is -0.000000533. The molecule has 5 amide bonds. The van der Waals surface area contributed by atoms with Crippen LogP contribution in [-0.2, 0) is 19.1 Å². The fraction of sp³-hybridized carbons (Fsp3) is 0.353. The molecule has 1 heterocycles. The van der Waals surface area contributed by atoms with Crippen molar-refractivity contribution < 1.29 is 51.5 Å². The second kappa shape index (κ2) is 57.0. The molecule has 0 saturated carbocycles. The van der Waals surface area contributed by atoms with E-state index in [0.29, 0.717) is 52.9 Å². The first-order valence-electron chi connectivity index (χ1n) is 29.9. The third-order valence-electron chi connectivity index (χ3n) is 9.78. The predicted molar refractivity (Wildman–Crippen MR) is 403 cm³/mol. The van der Waals surface area contributed by atoms with E-state index in [1.54, 1.807) is 87.5 Å². The second-order valence-corrected chi connectivity index (χ2v) is 37.5. The van der Waals surface area contributed by atoms with Crippen LogP contribution in [0.25, 0.3) is 17.1 Å². The van der Waals surface area contributed by atoms with Gasteiger partial charge in [0.2, 0.25) is 6.08 Å². The Morgan fingerprint density at radius 1 is 0.582 bits per heavy atom. The van der Waals surface area contributed by atoms with Gasteiger partial charge < -0.3 is 14.8 Å². The average molecular weight is 1650 g/mol. The molecule has 1 aromatic heterocycles. The number of hydrogen-bond donors (Lipinski definition) is 5. The summed E-state index contributed by atoms with van der Waals surface area (Å²) in [5, 5.41) is 12.6. The Hall–Kier alpha value is -5.73. The van der Waals surface area contributed by atoms with E-state index in [1.165, 1.54) is 16.1 Å². The number of isocyanates is 1. The summed E-state index contributed by atoms with van der Waals surface area (Å²) in [6.45, 7) is 40.8. The molecule has 502 valence electrons. The molecule has 0 bridgehead atoms. The number of imide groups is 1. The minimum atomic E-state index is -1.06. The summed E-state index contributed by atoms with van der Waals surface area (Å²) in [6.07, 6.45) is -0.000803. The molecule has 4 unspecified atom stereocenters. The van der Waals surface area contributed by atoms with Gasteiger partial charge in [-0.05, 0) is 138 Å². The van der Waals surface area contributed by atoms with Crippen LogP contribution in [0, 0.1) is 0 Å². The zero-order valence-electron chi connectivity index (χ0n) is 56.8. The van der Waals surface area contributed by atoms with E-state index in [-0.39, 0.29) is 5.69 Å². The Morgan fingerprint density at radius 3 is 1.46 bits per heavy atom. The summed E-state index contributed by atoms with van der Waals surface area (Å²) >= 11 is 5.30. The van der Waals surface area contributed by atoms with Crippen LogP contribution in [0.2, 0.25) is 0 Å². The number of carbonyl (C=O) groups excluding carboxylic acids is 6. The molecule has 0 aliphatic rings. The maximum atomic E-state index is 12.8. The van der Waals surface area contributed by atoms with Crippen LogP contribution in [0.3, 0.4) is 0 Å². The maximum absolute atomic E-state index is 12.8. The van der Waals surface area contributed by atoms with Gasteiger partial charge in [-0.15, -0.1) is 10.1 Å². The SMILES string of the molecule is CC.CC.CC.CC.CC.CC.CC(C)(C)OC(=O)NNc1ccccc1.CPc1cccc(-c2nn(-c3ccccc3)c(=O)[nH]2)c1.CPc1cccc(C(=O)N=C=O)c1.CPc1cccc(C(=O)NC(=O)C(NC(=O)OC(C)(C)C)c2ccccc2)c1.I[I-]I. The fourth-order valence-electron chi connectivity index (χ4n) is 6.33. The first-order valence-corrected chi connectivity index (χ1v) is 47.0. The van der Waals surface area contributed by atoms with Crippen LogP contribution in [0.4, 0.5) is 15.3 Å². The van der Waals surface area contributed by atoms with Crippen LogP contribution < -0.4 is 56.3 Å². The topological polar surface area (TPSA) is 232 Å². The number of para-hydroxylation sites is 2. The molecule has 0 spiro atoms. The minimum absolute atomic E-state index is 0.226. The fourth-order valence-corrected chi connectivity index (χ4v) is 8.01. The Morgan fingerprint density at radius 2 is 1.00 bits per heavy atom. The number of amides is 5. The molecular formula is C68H99I3N8O9P3-. The number of rotatable bonds is 12. The van der Waals surface area contributed by atoms with Crippen LogP contribution in [0.5, 0.6) is 0 Å². The molecule has 5 N–H and O–H groups in total. The van der Waals surface area contributed by atoms with Gasteiger partial charge in [0.1, 0.15) is 17.2 Å². The molecule has 0 aliphatic heterocycles. The quantitative estimate of drug-likeness (QED) is 0.0254. The van der Waals surface area contributed by atoms with Gasteiger partial charge in [0.15, 0.2) is 5.82 Å². The molecule has 0 radical (unpaired) electrons. The molecule has 7 rings (SSSR count). The van der Waals surface area contributed by atoms with Gasteiger partial charge in [-0.1, -0.05) is 218 Å². The molecule has 17 nitrogen and oxygen atoms in total. The zero-order chi connectivity index (χ0) is 70.4. The van der Waals surface area contributed by atoms with E-state index in [9.17, 15) is 33.6 Å². The van der Waals surface area contributed by atoms with E-state index in [4.69, 9.17) is 9.47 Å². The second-order valence-electron chi connectivity index (χ2n) is 18.0. The summed E-state index contributed by atoms with van der Waals surface area (Å²) in [4.78, 5) is 87.5. The standard InChI is InChI=1S/C21H25N2O4P.C15H14N3OP.C11H16N2O2.C9H8NO2P.6C2H6.I3/c1-21(2,3)27-20(26)22-17(14-9-6-5-7-10-14)19(25)23-18(24)15-11-8-12-16(13-15)28-4;1-20-13-9-5-6-11(10-13)14-16-15(19)18(17-14)12-7-3-2-4-8-12;1-11(2,3)15-10(14)13-12-9-7-5-4-6-8-9;1-13-8-4-2-3-7(5-8)9(12)10-6-11;6*1-2;1-3-2/h5-13,17,28H,1-4H3,(H,22,26)(H,23,24,25);2-10,20H,1H3,(H,16,17,19);4-8,12H,1-3H3,(H,13,14);2-5,13H,1H3;6*1-2H3;/q;;;;;;;;;;-1. The van der Waals surface area contributed by atoms with Gasteiger partial charge in [-0.25, -0.2) is 24.6 Å². The number of halogens is 3. The van der Waals surface area contributed by atoms with Crippen molar-refractivity contribution in [3.63, 3.8) is 0 Å². The van der Waals surface area contributed by atoms with Crippen LogP contribution in [0.1, 0.15) is 157 Å². The van der Waals surface area contributed by atoms with Gasteiger partial charge in [-0.3, -0.25) is 30.1 Å². The molecule has 7 aromatic rings. The predicted octanol–water partition coefficient (Wildman–Crippen LogP) is 13.9. The van der Waals surface area contributed by atoms with E-state index in [1.807, 2.05) is 202 Å². The van der Waals surface area contributed by atoms with E-state index < -0.39 is 47.2 Å². The number of H-pyrrole nitrogens is 1. The number of benzene rings is 6. The van der Waals surface area contributed by atoms with Gasteiger partial charge in [-0.2, -0.15) is 4.68 Å². The monoisotopic (exact) mass is 1650 g/mol. The number of carbonyl (C=O) groups is 5. The number of hydrazine groups is 1. The van der Waals surface area contributed by atoms with Crippen molar-refractivity contribution in [1.29, 1.82) is 0 Å². The molecule has 6 aromatic carbocycles. The van der Waals surface area contributed by atoms with E-state index >= 15 is 0 Å². The van der Waals surface area contributed by atoms with Gasteiger partial charge in [0.25, 0.3) is 17.7 Å². The number of nitrogens with zero attached hydrogens (tertiary/aromatic N) is 3. The third-order valence-corrected chi connectivity index (χ3v) is 12.4. The number of aromatic amines is 1.